The van der Waals surface area contributed by atoms with Crippen molar-refractivity contribution in [2.24, 2.45) is 17.3 Å². The minimum Gasteiger partial charge on any atom is -0.490 e. The molecule has 1 saturated carbocycles. The third-order valence-electron chi connectivity index (χ3n) is 4.97. The van der Waals surface area contributed by atoms with E-state index in [0.717, 1.165) is 12.0 Å². The first-order chi connectivity index (χ1) is 12.1. The van der Waals surface area contributed by atoms with Gasteiger partial charge in [-0.15, -0.1) is 0 Å². The first kappa shape index (κ1) is 18.8. The van der Waals surface area contributed by atoms with Crippen molar-refractivity contribution in [3.63, 3.8) is 0 Å². The number of sulfonamides is 1. The topological polar surface area (TPSA) is 81.7 Å². The molecule has 26 heavy (non-hydrogen) atoms. The molecule has 0 saturated heterocycles. The highest BCUT2D eigenvalue weighted by atomic mass is 32.2. The molecule has 0 aromatic heterocycles. The summed E-state index contributed by atoms with van der Waals surface area (Å²) in [5.41, 5.74) is 0.867. The highest BCUT2D eigenvalue weighted by Gasteiger charge is 2.60. The number of hydrogen-bond donors (Lipinski definition) is 1. The summed E-state index contributed by atoms with van der Waals surface area (Å²) in [6, 6.07) is 4.39. The van der Waals surface area contributed by atoms with Gasteiger partial charge in [0.2, 0.25) is 5.91 Å². The molecule has 1 aromatic rings. The Kier molecular flexibility index (Phi) is 4.77. The molecule has 0 spiro atoms. The Hall–Kier alpha value is -2.02. The molecule has 0 unspecified atom stereocenters. The van der Waals surface area contributed by atoms with Crippen LogP contribution in [0, 0.1) is 17.3 Å². The van der Waals surface area contributed by atoms with Crippen LogP contribution in [0.3, 0.4) is 0 Å². The maximum Gasteiger partial charge on any atom is 0.264 e. The summed E-state index contributed by atoms with van der Waals surface area (Å²) >= 11 is 0. The standard InChI is InChI=1S/C19H25NO5S/c1-12(2)10-14-17(19(14,3)4)18(21)20-26(22,23)13-6-7-15-16(11-13)25-9-5-8-24-15/h6-7,10-11,14,17H,5,8-9H2,1-4H3,(H,20,21)/t14-,17-/m1/s1. The molecule has 2 atom stereocenters. The van der Waals surface area contributed by atoms with E-state index in [4.69, 9.17) is 9.47 Å². The van der Waals surface area contributed by atoms with Crippen LogP contribution in [0.25, 0.3) is 0 Å². The van der Waals surface area contributed by atoms with Crippen LogP contribution >= 0.6 is 0 Å². The van der Waals surface area contributed by atoms with E-state index in [1.165, 1.54) is 12.1 Å². The summed E-state index contributed by atoms with van der Waals surface area (Å²) in [5.74, 6) is 0.121. The van der Waals surface area contributed by atoms with Crippen LogP contribution in [-0.4, -0.2) is 27.5 Å². The van der Waals surface area contributed by atoms with E-state index in [1.807, 2.05) is 33.8 Å². The fraction of sp³-hybridized carbons (Fsp3) is 0.526. The van der Waals surface area contributed by atoms with Gasteiger partial charge in [0, 0.05) is 12.5 Å². The van der Waals surface area contributed by atoms with E-state index in [0.29, 0.717) is 24.7 Å². The van der Waals surface area contributed by atoms with Crippen LogP contribution in [0.2, 0.25) is 0 Å². The smallest absolute Gasteiger partial charge is 0.264 e. The van der Waals surface area contributed by atoms with Crippen molar-refractivity contribution in [3.05, 3.63) is 29.8 Å². The highest BCUT2D eigenvalue weighted by molar-refractivity contribution is 7.90. The first-order valence-electron chi connectivity index (χ1n) is 8.74. The molecule has 1 N–H and O–H groups in total. The fourth-order valence-electron chi connectivity index (χ4n) is 3.41. The van der Waals surface area contributed by atoms with Gasteiger partial charge in [0.1, 0.15) is 0 Å². The van der Waals surface area contributed by atoms with Crippen molar-refractivity contribution >= 4 is 15.9 Å². The number of carbonyl (C=O) groups excluding carboxylic acids is 1. The van der Waals surface area contributed by atoms with Crippen LogP contribution < -0.4 is 14.2 Å². The molecule has 1 aliphatic carbocycles. The molecule has 3 rings (SSSR count). The molecule has 7 heteroatoms. The Bertz CT molecular complexity index is 853. The summed E-state index contributed by atoms with van der Waals surface area (Å²) in [7, 11) is -3.97. The van der Waals surface area contributed by atoms with E-state index in [2.05, 4.69) is 4.72 Å². The number of ether oxygens (including phenoxy) is 2. The van der Waals surface area contributed by atoms with Gasteiger partial charge in [0.05, 0.1) is 24.0 Å². The van der Waals surface area contributed by atoms with Gasteiger partial charge in [0.25, 0.3) is 10.0 Å². The number of allylic oxidation sites excluding steroid dienone is 2. The Labute approximate surface area is 154 Å². The van der Waals surface area contributed by atoms with E-state index in [-0.39, 0.29) is 22.1 Å². The van der Waals surface area contributed by atoms with Crippen molar-refractivity contribution in [3.8, 4) is 11.5 Å². The van der Waals surface area contributed by atoms with Gasteiger partial charge in [-0.1, -0.05) is 25.5 Å². The number of amides is 1. The maximum absolute atomic E-state index is 12.6. The molecule has 1 fully saturated rings. The van der Waals surface area contributed by atoms with Crippen molar-refractivity contribution in [2.75, 3.05) is 13.2 Å². The number of nitrogens with one attached hydrogen (secondary N) is 1. The molecule has 0 bridgehead atoms. The van der Waals surface area contributed by atoms with E-state index in [9.17, 15) is 13.2 Å². The van der Waals surface area contributed by atoms with Gasteiger partial charge in [-0.25, -0.2) is 13.1 Å². The predicted molar refractivity (Wildman–Crippen MR) is 97.6 cm³/mol. The lowest BCUT2D eigenvalue weighted by Gasteiger charge is -2.11. The van der Waals surface area contributed by atoms with Crippen LogP contribution in [0.1, 0.15) is 34.1 Å². The Morgan fingerprint density at radius 3 is 2.50 bits per heavy atom. The van der Waals surface area contributed by atoms with Crippen LogP contribution in [-0.2, 0) is 14.8 Å². The summed E-state index contributed by atoms with van der Waals surface area (Å²) in [6.45, 7) is 8.88. The lowest BCUT2D eigenvalue weighted by molar-refractivity contribution is -0.121. The summed E-state index contributed by atoms with van der Waals surface area (Å²) < 4.78 is 38.6. The largest absolute Gasteiger partial charge is 0.490 e. The zero-order valence-corrected chi connectivity index (χ0v) is 16.4. The number of rotatable bonds is 4. The zero-order valence-electron chi connectivity index (χ0n) is 15.5. The quantitative estimate of drug-likeness (QED) is 0.814. The Morgan fingerprint density at radius 2 is 1.85 bits per heavy atom. The van der Waals surface area contributed by atoms with Crippen molar-refractivity contribution < 1.29 is 22.7 Å². The van der Waals surface area contributed by atoms with Crippen LogP contribution in [0.15, 0.2) is 34.7 Å². The third kappa shape index (κ3) is 3.58. The molecule has 0 radical (unpaired) electrons. The second-order valence-corrected chi connectivity index (χ2v) is 9.38. The minimum atomic E-state index is -3.97. The normalized spacial score (nSPS) is 23.5. The molecule has 2 aliphatic rings. The zero-order chi connectivity index (χ0) is 19.1. The molecule has 1 heterocycles. The van der Waals surface area contributed by atoms with Gasteiger partial charge >= 0.3 is 0 Å². The number of benzene rings is 1. The van der Waals surface area contributed by atoms with Crippen LogP contribution in [0.5, 0.6) is 11.5 Å². The van der Waals surface area contributed by atoms with Crippen molar-refractivity contribution in [2.45, 2.75) is 39.0 Å². The number of fused-ring (bicyclic) bond motifs is 1. The third-order valence-corrected chi connectivity index (χ3v) is 6.31. The molecular formula is C19H25NO5S. The average Bonchev–Trinajstić information content (AvgIpc) is 3.15. The Morgan fingerprint density at radius 1 is 1.19 bits per heavy atom. The molecule has 1 aliphatic heterocycles. The highest BCUT2D eigenvalue weighted by Crippen LogP contribution is 2.59. The second-order valence-electron chi connectivity index (χ2n) is 7.70. The first-order valence-corrected chi connectivity index (χ1v) is 10.2. The van der Waals surface area contributed by atoms with Gasteiger partial charge in [-0.05, 0) is 37.3 Å². The van der Waals surface area contributed by atoms with E-state index in [1.54, 1.807) is 6.07 Å². The number of carbonyl (C=O) groups is 1. The average molecular weight is 379 g/mol. The van der Waals surface area contributed by atoms with Gasteiger partial charge in [0.15, 0.2) is 11.5 Å². The fourth-order valence-corrected chi connectivity index (χ4v) is 4.43. The van der Waals surface area contributed by atoms with Gasteiger partial charge in [-0.2, -0.15) is 0 Å². The molecular weight excluding hydrogens is 354 g/mol. The minimum absolute atomic E-state index is 0.00711. The van der Waals surface area contributed by atoms with Crippen molar-refractivity contribution in [1.29, 1.82) is 0 Å². The lowest BCUT2D eigenvalue weighted by atomic mass is 10.1. The van der Waals surface area contributed by atoms with Gasteiger partial charge in [-0.3, -0.25) is 4.79 Å². The summed E-state index contributed by atoms with van der Waals surface area (Å²) in [5, 5.41) is 0. The van der Waals surface area contributed by atoms with Crippen LogP contribution in [0.4, 0.5) is 0 Å². The molecule has 6 nitrogen and oxygen atoms in total. The molecule has 142 valence electrons. The monoisotopic (exact) mass is 379 g/mol. The Balaban J connectivity index is 1.78. The molecule has 1 amide bonds. The SMILES string of the molecule is CC(C)=C[C@@H]1[C@H](C(=O)NS(=O)(=O)c2ccc3c(c2)OCCCO3)C1(C)C. The van der Waals surface area contributed by atoms with Gasteiger partial charge < -0.3 is 9.47 Å². The summed E-state index contributed by atoms with van der Waals surface area (Å²) in [6.07, 6.45) is 2.76. The van der Waals surface area contributed by atoms with E-state index < -0.39 is 15.9 Å². The second kappa shape index (κ2) is 6.61. The van der Waals surface area contributed by atoms with E-state index >= 15 is 0 Å². The van der Waals surface area contributed by atoms with Crippen molar-refractivity contribution in [1.82, 2.24) is 4.72 Å². The summed E-state index contributed by atoms with van der Waals surface area (Å²) in [4.78, 5) is 12.6. The molecule has 1 aromatic carbocycles. The predicted octanol–water partition coefficient (Wildman–Crippen LogP) is 2.89. The lowest BCUT2D eigenvalue weighted by Crippen LogP contribution is -2.33. The maximum atomic E-state index is 12.6. The number of hydrogen-bond acceptors (Lipinski definition) is 5.